The number of carbonyl (C=O) groups is 1. The van der Waals surface area contributed by atoms with Gasteiger partial charge in [0.05, 0.1) is 11.4 Å². The molecule has 6 heteroatoms. The van der Waals surface area contributed by atoms with Gasteiger partial charge >= 0.3 is 5.97 Å². The monoisotopic (exact) mass is 227 g/mol. The smallest absolute Gasteiger partial charge is 0.341 e. The van der Waals surface area contributed by atoms with Gasteiger partial charge in [-0.15, -0.1) is 0 Å². The van der Waals surface area contributed by atoms with Crippen LogP contribution in [-0.4, -0.2) is 26.8 Å². The minimum atomic E-state index is -1.08. The Labute approximate surface area is 92.1 Å². The molecule has 0 saturated carbocycles. The fraction of sp³-hybridized carbons (Fsp3) is 0.444. The Morgan fingerprint density at radius 1 is 1.53 bits per heavy atom. The largest absolute Gasteiger partial charge is 0.477 e. The summed E-state index contributed by atoms with van der Waals surface area (Å²) in [5.41, 5.74) is 5.97. The molecule has 0 atom stereocenters. The Hall–Kier alpha value is -1.30. The summed E-state index contributed by atoms with van der Waals surface area (Å²) in [4.78, 5) is 18.9. The lowest BCUT2D eigenvalue weighted by Gasteiger charge is -2.06. The van der Waals surface area contributed by atoms with E-state index in [9.17, 15) is 4.79 Å². The fourth-order valence-electron chi connectivity index (χ4n) is 1.18. The van der Waals surface area contributed by atoms with Crippen molar-refractivity contribution < 1.29 is 9.90 Å². The summed E-state index contributed by atoms with van der Waals surface area (Å²) in [6.07, 6.45) is 0. The number of thioether (sulfide) groups is 1. The van der Waals surface area contributed by atoms with Gasteiger partial charge in [0.25, 0.3) is 0 Å². The molecule has 1 aromatic heterocycles. The van der Waals surface area contributed by atoms with Gasteiger partial charge in [0.2, 0.25) is 0 Å². The fourth-order valence-corrected chi connectivity index (χ4v) is 1.69. The van der Waals surface area contributed by atoms with E-state index in [0.717, 1.165) is 5.75 Å². The molecule has 0 unspecified atom stereocenters. The van der Waals surface area contributed by atoms with Crippen molar-refractivity contribution in [3.63, 3.8) is 0 Å². The summed E-state index contributed by atoms with van der Waals surface area (Å²) < 4.78 is 0. The Balaban J connectivity index is 3.03. The van der Waals surface area contributed by atoms with E-state index in [-0.39, 0.29) is 11.4 Å². The lowest BCUT2D eigenvalue weighted by Crippen LogP contribution is -2.11. The number of nitrogens with zero attached hydrogens (tertiary/aromatic N) is 2. The third-order valence-corrected chi connectivity index (χ3v) is 2.68. The molecule has 1 heterocycles. The molecule has 0 spiro atoms. The molecule has 1 aromatic rings. The van der Waals surface area contributed by atoms with Crippen LogP contribution in [0.3, 0.4) is 0 Å². The molecule has 0 aliphatic rings. The molecular weight excluding hydrogens is 214 g/mol. The van der Waals surface area contributed by atoms with E-state index in [2.05, 4.69) is 9.97 Å². The lowest BCUT2D eigenvalue weighted by atomic mass is 10.2. The zero-order valence-electron chi connectivity index (χ0n) is 8.65. The number of aromatic carboxylic acids is 1. The van der Waals surface area contributed by atoms with E-state index in [1.807, 2.05) is 6.92 Å². The van der Waals surface area contributed by atoms with Crippen molar-refractivity contribution >= 4 is 23.5 Å². The normalized spacial score (nSPS) is 10.3. The van der Waals surface area contributed by atoms with Crippen molar-refractivity contribution in [3.8, 4) is 0 Å². The predicted octanol–water partition coefficient (Wildman–Crippen LogP) is 1.32. The number of rotatable bonds is 4. The van der Waals surface area contributed by atoms with Gasteiger partial charge in [-0.25, -0.2) is 14.8 Å². The highest BCUT2D eigenvalue weighted by Gasteiger charge is 2.15. The molecular formula is C9H13N3O2S. The predicted molar refractivity (Wildman–Crippen MR) is 60.0 cm³/mol. The molecule has 0 radical (unpaired) electrons. The summed E-state index contributed by atoms with van der Waals surface area (Å²) in [5, 5.41) is 8.85. The van der Waals surface area contributed by atoms with Crippen LogP contribution in [0.2, 0.25) is 0 Å². The van der Waals surface area contributed by atoms with Gasteiger partial charge in [-0.1, -0.05) is 6.92 Å². The molecule has 0 aliphatic heterocycles. The first-order valence-electron chi connectivity index (χ1n) is 4.50. The van der Waals surface area contributed by atoms with Crippen LogP contribution in [-0.2, 0) is 5.75 Å². The van der Waals surface area contributed by atoms with Gasteiger partial charge in [-0.2, -0.15) is 11.8 Å². The van der Waals surface area contributed by atoms with Gasteiger partial charge in [0, 0.05) is 0 Å². The summed E-state index contributed by atoms with van der Waals surface area (Å²) >= 11 is 1.66. The lowest BCUT2D eigenvalue weighted by molar-refractivity contribution is 0.0696. The third kappa shape index (κ3) is 2.82. The molecule has 5 nitrogen and oxygen atoms in total. The Morgan fingerprint density at radius 2 is 2.20 bits per heavy atom. The van der Waals surface area contributed by atoms with Gasteiger partial charge < -0.3 is 10.8 Å². The van der Waals surface area contributed by atoms with E-state index in [1.165, 1.54) is 0 Å². The van der Waals surface area contributed by atoms with Gasteiger partial charge in [0.1, 0.15) is 17.2 Å². The average Bonchev–Trinajstić information content (AvgIpc) is 2.12. The molecule has 0 fully saturated rings. The summed E-state index contributed by atoms with van der Waals surface area (Å²) in [5.74, 6) is 1.16. The average molecular weight is 227 g/mol. The number of hydrogen-bond acceptors (Lipinski definition) is 5. The van der Waals surface area contributed by atoms with Gasteiger partial charge in [0.15, 0.2) is 0 Å². The highest BCUT2D eigenvalue weighted by Crippen LogP contribution is 2.15. The second-order valence-corrected chi connectivity index (χ2v) is 4.20. The maximum Gasteiger partial charge on any atom is 0.341 e. The standard InChI is InChI=1S/C9H13N3O2S/c1-3-15-4-6-11-5(2)7(9(13)14)8(10)12-6/h3-4H2,1-2H3,(H,13,14)(H2,10,11,12). The quantitative estimate of drug-likeness (QED) is 0.806. The summed E-state index contributed by atoms with van der Waals surface area (Å²) in [7, 11) is 0. The number of aryl methyl sites for hydroxylation is 1. The molecule has 82 valence electrons. The van der Waals surface area contributed by atoms with Gasteiger partial charge in [-0.3, -0.25) is 0 Å². The number of anilines is 1. The van der Waals surface area contributed by atoms with Crippen LogP contribution in [0, 0.1) is 6.92 Å². The van der Waals surface area contributed by atoms with Crippen molar-refractivity contribution in [2.24, 2.45) is 0 Å². The summed E-state index contributed by atoms with van der Waals surface area (Å²) in [6, 6.07) is 0. The maximum absolute atomic E-state index is 10.8. The van der Waals surface area contributed by atoms with Crippen LogP contribution in [0.15, 0.2) is 0 Å². The molecule has 15 heavy (non-hydrogen) atoms. The molecule has 0 saturated heterocycles. The van der Waals surface area contributed by atoms with Crippen molar-refractivity contribution in [2.75, 3.05) is 11.5 Å². The Morgan fingerprint density at radius 3 is 2.67 bits per heavy atom. The van der Waals surface area contributed by atoms with Crippen LogP contribution >= 0.6 is 11.8 Å². The number of nitrogens with two attached hydrogens (primary N) is 1. The molecule has 3 N–H and O–H groups in total. The maximum atomic E-state index is 10.8. The molecule has 0 amide bonds. The van der Waals surface area contributed by atoms with Crippen LogP contribution in [0.1, 0.15) is 28.8 Å². The molecule has 0 aromatic carbocycles. The highest BCUT2D eigenvalue weighted by atomic mass is 32.2. The van der Waals surface area contributed by atoms with Crippen LogP contribution < -0.4 is 5.73 Å². The molecule has 0 bridgehead atoms. The van der Waals surface area contributed by atoms with E-state index >= 15 is 0 Å². The number of aromatic nitrogens is 2. The van der Waals surface area contributed by atoms with E-state index in [1.54, 1.807) is 18.7 Å². The third-order valence-electron chi connectivity index (χ3n) is 1.81. The number of nitrogen functional groups attached to an aromatic ring is 1. The SMILES string of the molecule is CCSCc1nc(C)c(C(=O)O)c(N)n1. The van der Waals surface area contributed by atoms with Crippen molar-refractivity contribution in [2.45, 2.75) is 19.6 Å². The van der Waals surface area contributed by atoms with Crippen LogP contribution in [0.25, 0.3) is 0 Å². The van der Waals surface area contributed by atoms with Gasteiger partial charge in [-0.05, 0) is 12.7 Å². The van der Waals surface area contributed by atoms with Crippen LogP contribution in [0.5, 0.6) is 0 Å². The Bertz CT molecular complexity index is 359. The first-order valence-corrected chi connectivity index (χ1v) is 5.65. The minimum Gasteiger partial charge on any atom is -0.477 e. The van der Waals surface area contributed by atoms with E-state index < -0.39 is 5.97 Å². The first kappa shape index (κ1) is 11.8. The number of carboxylic acids is 1. The second kappa shape index (κ2) is 4.97. The van der Waals surface area contributed by atoms with E-state index in [4.69, 9.17) is 10.8 Å². The molecule has 1 rings (SSSR count). The van der Waals surface area contributed by atoms with Crippen LogP contribution in [0.4, 0.5) is 5.82 Å². The topological polar surface area (TPSA) is 89.1 Å². The van der Waals surface area contributed by atoms with Crippen molar-refractivity contribution in [3.05, 3.63) is 17.1 Å². The number of carboxylic acid groups (broad SMARTS) is 1. The Kier molecular flexibility index (Phi) is 3.90. The first-order chi connectivity index (χ1) is 7.06. The molecule has 0 aliphatic carbocycles. The zero-order chi connectivity index (χ0) is 11.4. The summed E-state index contributed by atoms with van der Waals surface area (Å²) in [6.45, 7) is 3.66. The highest BCUT2D eigenvalue weighted by molar-refractivity contribution is 7.98. The van der Waals surface area contributed by atoms with Crippen molar-refractivity contribution in [1.82, 2.24) is 9.97 Å². The van der Waals surface area contributed by atoms with Crippen molar-refractivity contribution in [1.29, 1.82) is 0 Å². The number of hydrogen-bond donors (Lipinski definition) is 2. The second-order valence-electron chi connectivity index (χ2n) is 2.93. The zero-order valence-corrected chi connectivity index (χ0v) is 9.47. The minimum absolute atomic E-state index is 0.000230. The van der Waals surface area contributed by atoms with E-state index in [0.29, 0.717) is 17.3 Å².